The smallest absolute Gasteiger partial charge is 0.212 e. The molecule has 90 valence electrons. The number of oxime groups is 1. The first kappa shape index (κ1) is 12.8. The van der Waals surface area contributed by atoms with Gasteiger partial charge in [-0.05, 0) is 12.1 Å². The molecule has 7 nitrogen and oxygen atoms in total. The number of Topliss-reactive ketones (excluding diaryl/α,β-unsaturated/α-hetero) is 1. The minimum atomic E-state index is -0.417. The average molecular weight is 236 g/mol. The van der Waals surface area contributed by atoms with Crippen LogP contribution < -0.4 is 0 Å². The van der Waals surface area contributed by atoms with E-state index in [-0.39, 0.29) is 18.7 Å². The molecular weight excluding hydrogens is 224 g/mol. The zero-order valence-corrected chi connectivity index (χ0v) is 9.28. The first-order valence-electron chi connectivity index (χ1n) is 4.89. The molecule has 1 rings (SSSR count). The first-order chi connectivity index (χ1) is 8.19. The van der Waals surface area contributed by atoms with Gasteiger partial charge in [-0.1, -0.05) is 5.16 Å². The molecule has 0 radical (unpaired) electrons. The molecule has 1 aromatic rings. The lowest BCUT2D eigenvalue weighted by molar-refractivity contribution is 0.105. The molecule has 0 fully saturated rings. The number of hydrogen-bond donors (Lipinski definition) is 1. The van der Waals surface area contributed by atoms with Crippen molar-refractivity contribution in [3.8, 4) is 0 Å². The van der Waals surface area contributed by atoms with Gasteiger partial charge >= 0.3 is 0 Å². The van der Waals surface area contributed by atoms with Crippen molar-refractivity contribution in [2.24, 2.45) is 10.4 Å². The van der Waals surface area contributed by atoms with Gasteiger partial charge in [0, 0.05) is 38.0 Å². The minimum absolute atomic E-state index is 0.0338. The number of carbonyl (C=O) groups excluding carboxylic acids is 1. The van der Waals surface area contributed by atoms with E-state index in [9.17, 15) is 9.70 Å². The summed E-state index contributed by atoms with van der Waals surface area (Å²) in [7, 11) is 1.47. The largest absolute Gasteiger partial charge is 0.411 e. The Balaban J connectivity index is 2.69. The molecule has 0 spiro atoms. The van der Waals surface area contributed by atoms with Crippen LogP contribution in [0.3, 0.4) is 0 Å². The quantitative estimate of drug-likeness (QED) is 0.262. The van der Waals surface area contributed by atoms with Crippen LogP contribution in [0.1, 0.15) is 16.8 Å². The molecule has 7 heteroatoms. The predicted octanol–water partition coefficient (Wildman–Crippen LogP) is 1.10. The Bertz CT molecular complexity index is 419. The fraction of sp³-hybridized carbons (Fsp3) is 0.300. The second kappa shape index (κ2) is 6.31. The summed E-state index contributed by atoms with van der Waals surface area (Å²) in [5.41, 5.74) is 0.301. The van der Waals surface area contributed by atoms with Crippen molar-refractivity contribution < 1.29 is 10.0 Å². The lowest BCUT2D eigenvalue weighted by atomic mass is 10.1. The standard InChI is InChI=1S/C10H12N4O3/c1-14(13-17)6-4-9(12-16)10(15)8-3-2-5-11-7-8/h2-3,5,7,16H,4,6H2,1H3/b12-9+. The number of pyridine rings is 1. The lowest BCUT2D eigenvalue weighted by Crippen LogP contribution is -2.21. The molecule has 0 aromatic carbocycles. The third-order valence-electron chi connectivity index (χ3n) is 2.12. The summed E-state index contributed by atoms with van der Waals surface area (Å²) in [5, 5.41) is 15.5. The molecule has 0 amide bonds. The maximum absolute atomic E-state index is 11.8. The number of rotatable bonds is 6. The molecule has 0 saturated heterocycles. The van der Waals surface area contributed by atoms with Crippen molar-refractivity contribution in [3.05, 3.63) is 35.0 Å². The third kappa shape index (κ3) is 3.63. The van der Waals surface area contributed by atoms with E-state index in [0.717, 1.165) is 5.01 Å². The number of nitroso groups, excluding NO2 is 1. The van der Waals surface area contributed by atoms with Crippen molar-refractivity contribution >= 4 is 11.5 Å². The summed E-state index contributed by atoms with van der Waals surface area (Å²) < 4.78 is 0. The Morgan fingerprint density at radius 1 is 1.59 bits per heavy atom. The van der Waals surface area contributed by atoms with Gasteiger partial charge in [-0.25, -0.2) is 0 Å². The summed E-state index contributed by atoms with van der Waals surface area (Å²) >= 11 is 0. The van der Waals surface area contributed by atoms with E-state index in [2.05, 4.69) is 15.4 Å². The topological polar surface area (TPSA) is 95.2 Å². The summed E-state index contributed by atoms with van der Waals surface area (Å²) in [6, 6.07) is 3.18. The van der Waals surface area contributed by atoms with E-state index in [0.29, 0.717) is 5.56 Å². The van der Waals surface area contributed by atoms with Crippen LogP contribution in [0.4, 0.5) is 0 Å². The average Bonchev–Trinajstić information content (AvgIpc) is 2.39. The molecule has 0 saturated carbocycles. The monoisotopic (exact) mass is 236 g/mol. The van der Waals surface area contributed by atoms with Crippen LogP contribution in [-0.4, -0.2) is 40.3 Å². The second-order valence-corrected chi connectivity index (χ2v) is 3.33. The van der Waals surface area contributed by atoms with Gasteiger partial charge in [-0.15, -0.1) is 4.91 Å². The Kier molecular flexibility index (Phi) is 4.74. The number of carbonyl (C=O) groups is 1. The Morgan fingerprint density at radius 3 is 2.88 bits per heavy atom. The zero-order valence-electron chi connectivity index (χ0n) is 9.28. The maximum atomic E-state index is 11.8. The predicted molar refractivity (Wildman–Crippen MR) is 60.8 cm³/mol. The van der Waals surface area contributed by atoms with Crippen LogP contribution in [0, 0.1) is 4.91 Å². The highest BCUT2D eigenvalue weighted by atomic mass is 16.4. The van der Waals surface area contributed by atoms with Crippen molar-refractivity contribution in [2.75, 3.05) is 13.6 Å². The fourth-order valence-corrected chi connectivity index (χ4v) is 1.18. The van der Waals surface area contributed by atoms with Gasteiger partial charge in [-0.2, -0.15) is 0 Å². The summed E-state index contributed by atoms with van der Waals surface area (Å²) in [4.78, 5) is 25.7. The molecule has 17 heavy (non-hydrogen) atoms. The van der Waals surface area contributed by atoms with Gasteiger partial charge in [-0.3, -0.25) is 14.8 Å². The molecule has 1 heterocycles. The summed E-state index contributed by atoms with van der Waals surface area (Å²) in [6.45, 7) is 0.203. The molecule has 0 aliphatic carbocycles. The first-order valence-corrected chi connectivity index (χ1v) is 4.89. The third-order valence-corrected chi connectivity index (χ3v) is 2.12. The van der Waals surface area contributed by atoms with E-state index >= 15 is 0 Å². The van der Waals surface area contributed by atoms with E-state index in [1.807, 2.05) is 0 Å². The van der Waals surface area contributed by atoms with Crippen LogP contribution in [0.15, 0.2) is 35.0 Å². The van der Waals surface area contributed by atoms with Crippen LogP contribution >= 0.6 is 0 Å². The van der Waals surface area contributed by atoms with Crippen molar-refractivity contribution in [3.63, 3.8) is 0 Å². The minimum Gasteiger partial charge on any atom is -0.411 e. The number of nitrogens with zero attached hydrogens (tertiary/aromatic N) is 4. The molecule has 0 aliphatic rings. The Hall–Kier alpha value is -2.31. The molecule has 0 unspecified atom stereocenters. The molecular formula is C10H12N4O3. The van der Waals surface area contributed by atoms with Crippen molar-refractivity contribution in [1.82, 2.24) is 9.99 Å². The molecule has 1 aromatic heterocycles. The van der Waals surface area contributed by atoms with Gasteiger partial charge in [0.2, 0.25) is 5.78 Å². The van der Waals surface area contributed by atoms with Crippen molar-refractivity contribution in [1.29, 1.82) is 0 Å². The van der Waals surface area contributed by atoms with Crippen LogP contribution in [0.2, 0.25) is 0 Å². The van der Waals surface area contributed by atoms with Gasteiger partial charge in [0.05, 0.1) is 5.29 Å². The Labute approximate surface area is 97.7 Å². The van der Waals surface area contributed by atoms with Crippen LogP contribution in [0.25, 0.3) is 0 Å². The van der Waals surface area contributed by atoms with E-state index in [1.165, 1.54) is 19.4 Å². The van der Waals surface area contributed by atoms with E-state index in [4.69, 9.17) is 5.21 Å². The summed E-state index contributed by atoms with van der Waals surface area (Å²) in [5.74, 6) is -0.417. The molecule has 0 atom stereocenters. The highest BCUT2D eigenvalue weighted by molar-refractivity contribution is 6.45. The van der Waals surface area contributed by atoms with Crippen LogP contribution in [0.5, 0.6) is 0 Å². The van der Waals surface area contributed by atoms with Gasteiger partial charge in [0.15, 0.2) is 0 Å². The molecule has 0 bridgehead atoms. The van der Waals surface area contributed by atoms with E-state index in [1.54, 1.807) is 12.1 Å². The van der Waals surface area contributed by atoms with Crippen molar-refractivity contribution in [2.45, 2.75) is 6.42 Å². The van der Waals surface area contributed by atoms with E-state index < -0.39 is 5.78 Å². The molecule has 1 N–H and O–H groups in total. The number of aromatic nitrogens is 1. The molecule has 0 aliphatic heterocycles. The normalized spacial score (nSPS) is 11.0. The van der Waals surface area contributed by atoms with Crippen LogP contribution in [-0.2, 0) is 0 Å². The zero-order chi connectivity index (χ0) is 12.7. The second-order valence-electron chi connectivity index (χ2n) is 3.33. The van der Waals surface area contributed by atoms with Gasteiger partial charge in [0.25, 0.3) is 0 Å². The Morgan fingerprint density at radius 2 is 2.35 bits per heavy atom. The fourth-order valence-electron chi connectivity index (χ4n) is 1.18. The lowest BCUT2D eigenvalue weighted by Gasteiger charge is -2.08. The summed E-state index contributed by atoms with van der Waals surface area (Å²) in [6.07, 6.45) is 3.05. The van der Waals surface area contributed by atoms with Gasteiger partial charge < -0.3 is 5.21 Å². The SMILES string of the molecule is CN(CC/C(=N\O)C(=O)c1cccnc1)N=O. The maximum Gasteiger partial charge on any atom is 0.212 e. The number of ketones is 1. The number of hydrogen-bond acceptors (Lipinski definition) is 6. The highest BCUT2D eigenvalue weighted by Crippen LogP contribution is 2.03. The highest BCUT2D eigenvalue weighted by Gasteiger charge is 2.15. The van der Waals surface area contributed by atoms with Gasteiger partial charge in [0.1, 0.15) is 5.71 Å².